The van der Waals surface area contributed by atoms with Crippen molar-refractivity contribution in [1.82, 2.24) is 4.98 Å². The Bertz CT molecular complexity index is 151. The molecule has 0 unspecified atom stereocenters. The topological polar surface area (TPSA) is 50.9 Å². The van der Waals surface area contributed by atoms with Crippen LogP contribution in [0.2, 0.25) is 0 Å². The summed E-state index contributed by atoms with van der Waals surface area (Å²) in [6, 6.07) is 5.49. The second-order valence-electron chi connectivity index (χ2n) is 1.36. The fourth-order valence-electron chi connectivity index (χ4n) is 0.448. The van der Waals surface area contributed by atoms with Gasteiger partial charge in [-0.2, -0.15) is 0 Å². The van der Waals surface area contributed by atoms with Crippen LogP contribution >= 0.6 is 0 Å². The molecule has 0 aromatic carbocycles. The van der Waals surface area contributed by atoms with Gasteiger partial charge >= 0.3 is 0 Å². The molecule has 1 aromatic heterocycles. The number of nitrogens with zero attached hydrogens (tertiary/aromatic N) is 1. The summed E-state index contributed by atoms with van der Waals surface area (Å²) in [5.74, 6) is 5.72. The highest BCUT2D eigenvalue weighted by molar-refractivity contribution is 5.30. The number of rotatable bonds is 1. The van der Waals surface area contributed by atoms with Crippen LogP contribution in [-0.4, -0.2) is 4.98 Å². The molecule has 1 rings (SSSR count). The van der Waals surface area contributed by atoms with Gasteiger partial charge in [0.15, 0.2) is 0 Å². The van der Waals surface area contributed by atoms with E-state index in [-0.39, 0.29) is 0 Å². The van der Waals surface area contributed by atoms with Gasteiger partial charge in [-0.05, 0) is 12.1 Å². The van der Waals surface area contributed by atoms with Crippen molar-refractivity contribution in [3.63, 3.8) is 0 Å². The van der Waals surface area contributed by atoms with Crippen molar-refractivity contribution >= 4 is 5.82 Å². The third-order valence-electron chi connectivity index (χ3n) is 0.813. The molecule has 0 bridgehead atoms. The van der Waals surface area contributed by atoms with Crippen LogP contribution in [0.1, 0.15) is 27.7 Å². The minimum absolute atomic E-state index is 0.688. The van der Waals surface area contributed by atoms with E-state index in [0.29, 0.717) is 5.82 Å². The molecule has 1 heterocycles. The lowest BCUT2D eigenvalue weighted by Gasteiger charge is -1.92. The molecule has 1 aromatic rings. The second kappa shape index (κ2) is 12.6. The molecule has 0 saturated heterocycles. The average Bonchev–Trinajstić information content (AvgIpc) is 2.25. The maximum Gasteiger partial charge on any atom is 0.139 e. The van der Waals surface area contributed by atoms with Crippen LogP contribution < -0.4 is 11.3 Å². The zero-order valence-electron chi connectivity index (χ0n) is 8.33. The quantitative estimate of drug-likeness (QED) is 0.501. The molecule has 0 amide bonds. The van der Waals surface area contributed by atoms with Gasteiger partial charge in [0.2, 0.25) is 0 Å². The zero-order valence-corrected chi connectivity index (χ0v) is 8.33. The molecule has 3 heteroatoms. The van der Waals surface area contributed by atoms with Gasteiger partial charge in [0.25, 0.3) is 0 Å². The lowest BCUT2D eigenvalue weighted by Crippen LogP contribution is -2.07. The third-order valence-corrected chi connectivity index (χ3v) is 0.813. The molecule has 0 aliphatic heterocycles. The fourth-order valence-corrected chi connectivity index (χ4v) is 0.448. The summed E-state index contributed by atoms with van der Waals surface area (Å²) in [4.78, 5) is 3.86. The third kappa shape index (κ3) is 7.02. The Hall–Kier alpha value is -1.09. The van der Waals surface area contributed by atoms with Gasteiger partial charge in [-0.3, -0.25) is 0 Å². The first-order valence-electron chi connectivity index (χ1n) is 4.31. The number of nitrogen functional groups attached to an aromatic ring is 1. The van der Waals surface area contributed by atoms with E-state index in [4.69, 9.17) is 5.84 Å². The largest absolute Gasteiger partial charge is 0.308 e. The highest BCUT2D eigenvalue weighted by Crippen LogP contribution is 1.94. The van der Waals surface area contributed by atoms with Crippen LogP contribution in [0, 0.1) is 0 Å². The van der Waals surface area contributed by atoms with E-state index < -0.39 is 0 Å². The van der Waals surface area contributed by atoms with E-state index in [9.17, 15) is 0 Å². The molecule has 0 aliphatic carbocycles. The Morgan fingerprint density at radius 3 is 2.00 bits per heavy atom. The monoisotopic (exact) mass is 169 g/mol. The van der Waals surface area contributed by atoms with Gasteiger partial charge in [-0.15, -0.1) is 0 Å². The Morgan fingerprint density at radius 2 is 1.75 bits per heavy atom. The SMILES string of the molecule is CC.CC.NNc1ccccn1. The van der Waals surface area contributed by atoms with Gasteiger partial charge in [0, 0.05) is 6.20 Å². The molecular formula is C9H19N3. The van der Waals surface area contributed by atoms with Crippen LogP contribution in [0.25, 0.3) is 0 Å². The van der Waals surface area contributed by atoms with E-state index in [2.05, 4.69) is 10.4 Å². The minimum atomic E-state index is 0.688. The number of pyridine rings is 1. The number of hydrazine groups is 1. The van der Waals surface area contributed by atoms with Crippen molar-refractivity contribution < 1.29 is 0 Å². The molecule has 3 nitrogen and oxygen atoms in total. The van der Waals surface area contributed by atoms with Gasteiger partial charge in [-0.25, -0.2) is 10.8 Å². The van der Waals surface area contributed by atoms with Gasteiger partial charge in [-0.1, -0.05) is 33.8 Å². The zero-order chi connectivity index (χ0) is 9.82. The molecule has 0 fully saturated rings. The van der Waals surface area contributed by atoms with E-state index in [1.54, 1.807) is 12.3 Å². The highest BCUT2D eigenvalue weighted by Gasteiger charge is 1.79. The summed E-state index contributed by atoms with van der Waals surface area (Å²) in [6.07, 6.45) is 1.68. The second-order valence-corrected chi connectivity index (χ2v) is 1.36. The first-order chi connectivity index (χ1) is 5.93. The maximum atomic E-state index is 5.04. The Morgan fingerprint density at radius 1 is 1.17 bits per heavy atom. The molecule has 0 radical (unpaired) electrons. The first kappa shape index (κ1) is 13.5. The highest BCUT2D eigenvalue weighted by atomic mass is 15.2. The number of nitrogens with one attached hydrogen (secondary N) is 1. The molecule has 70 valence electrons. The van der Waals surface area contributed by atoms with Crippen LogP contribution in [0.3, 0.4) is 0 Å². The molecule has 0 saturated carbocycles. The maximum absolute atomic E-state index is 5.04. The number of hydrogen-bond donors (Lipinski definition) is 2. The Labute approximate surface area is 75.0 Å². The lowest BCUT2D eigenvalue weighted by molar-refractivity contribution is 1.23. The van der Waals surface area contributed by atoms with Crippen molar-refractivity contribution in [2.45, 2.75) is 27.7 Å². The summed E-state index contributed by atoms with van der Waals surface area (Å²) < 4.78 is 0. The molecular weight excluding hydrogens is 150 g/mol. The summed E-state index contributed by atoms with van der Waals surface area (Å²) in [5, 5.41) is 0. The van der Waals surface area contributed by atoms with E-state index in [1.807, 2.05) is 39.8 Å². The van der Waals surface area contributed by atoms with Crippen molar-refractivity contribution in [1.29, 1.82) is 0 Å². The van der Waals surface area contributed by atoms with Gasteiger partial charge in [0.1, 0.15) is 5.82 Å². The summed E-state index contributed by atoms with van der Waals surface area (Å²) in [6.45, 7) is 8.00. The van der Waals surface area contributed by atoms with E-state index in [1.165, 1.54) is 0 Å². The van der Waals surface area contributed by atoms with Gasteiger partial charge in [0.05, 0.1) is 0 Å². The minimum Gasteiger partial charge on any atom is -0.308 e. The lowest BCUT2D eigenvalue weighted by atomic mass is 10.5. The fraction of sp³-hybridized carbons (Fsp3) is 0.444. The van der Waals surface area contributed by atoms with Gasteiger partial charge < -0.3 is 5.43 Å². The number of anilines is 1. The normalized spacial score (nSPS) is 6.75. The molecule has 0 aliphatic rings. The number of hydrogen-bond acceptors (Lipinski definition) is 3. The van der Waals surface area contributed by atoms with E-state index >= 15 is 0 Å². The molecule has 3 N–H and O–H groups in total. The molecule has 12 heavy (non-hydrogen) atoms. The average molecular weight is 169 g/mol. The molecule has 0 spiro atoms. The van der Waals surface area contributed by atoms with Crippen LogP contribution in [0.4, 0.5) is 5.82 Å². The summed E-state index contributed by atoms with van der Waals surface area (Å²) >= 11 is 0. The van der Waals surface area contributed by atoms with Crippen molar-refractivity contribution in [2.24, 2.45) is 5.84 Å². The summed E-state index contributed by atoms with van der Waals surface area (Å²) in [5.41, 5.74) is 2.42. The van der Waals surface area contributed by atoms with Crippen molar-refractivity contribution in [2.75, 3.05) is 5.43 Å². The predicted octanol–water partition coefficient (Wildman–Crippen LogP) is 2.42. The number of aromatic nitrogens is 1. The number of nitrogens with two attached hydrogens (primary N) is 1. The van der Waals surface area contributed by atoms with Crippen molar-refractivity contribution in [3.8, 4) is 0 Å². The standard InChI is InChI=1S/C5H7N3.2C2H6/c6-8-5-3-1-2-4-7-5;2*1-2/h1-4H,6H2,(H,7,8);2*1-2H3. The van der Waals surface area contributed by atoms with Crippen LogP contribution in [0.15, 0.2) is 24.4 Å². The predicted molar refractivity (Wildman–Crippen MR) is 54.7 cm³/mol. The van der Waals surface area contributed by atoms with Crippen molar-refractivity contribution in [3.05, 3.63) is 24.4 Å². The summed E-state index contributed by atoms with van der Waals surface area (Å²) in [7, 11) is 0. The van der Waals surface area contributed by atoms with Crippen LogP contribution in [-0.2, 0) is 0 Å². The smallest absolute Gasteiger partial charge is 0.139 e. The Balaban J connectivity index is 0. The Kier molecular flexibility index (Phi) is 14.1. The van der Waals surface area contributed by atoms with Crippen LogP contribution in [0.5, 0.6) is 0 Å². The van der Waals surface area contributed by atoms with E-state index in [0.717, 1.165) is 0 Å². The first-order valence-corrected chi connectivity index (χ1v) is 4.31. The molecule has 0 atom stereocenters.